The van der Waals surface area contributed by atoms with Crippen LogP contribution in [0.3, 0.4) is 0 Å². The van der Waals surface area contributed by atoms with E-state index in [0.29, 0.717) is 0 Å². The van der Waals surface area contributed by atoms with E-state index in [4.69, 9.17) is 11.2 Å². The average molecular weight is 519 g/mol. The zero-order valence-electron chi connectivity index (χ0n) is 24.6. The summed E-state index contributed by atoms with van der Waals surface area (Å²) in [6.45, 7) is 9.31. The van der Waals surface area contributed by atoms with Crippen molar-refractivity contribution < 1.29 is 0 Å². The first kappa shape index (κ1) is 34.7. The van der Waals surface area contributed by atoms with Gasteiger partial charge in [0.2, 0.25) is 0 Å². The van der Waals surface area contributed by atoms with Gasteiger partial charge in [0.05, 0.1) is 0 Å². The second-order valence-corrected chi connectivity index (χ2v) is 20.1. The van der Waals surface area contributed by atoms with Crippen molar-refractivity contribution in [1.29, 1.82) is 0 Å². The Balaban J connectivity index is 4.88. The van der Waals surface area contributed by atoms with Crippen LogP contribution in [0.25, 0.3) is 0 Å². The molecule has 0 bridgehead atoms. The van der Waals surface area contributed by atoms with Crippen LogP contribution in [0.5, 0.6) is 0 Å². The zero-order valence-corrected chi connectivity index (χ0v) is 26.3. The quantitative estimate of drug-likeness (QED) is 0.0713. The number of halogens is 1. The van der Waals surface area contributed by atoms with Crippen LogP contribution < -0.4 is 0 Å². The molecule has 0 aliphatic heterocycles. The van der Waals surface area contributed by atoms with Crippen LogP contribution in [0.4, 0.5) is 0 Å². The molecule has 208 valence electrons. The molecule has 34 heavy (non-hydrogen) atoms. The topological polar surface area (TPSA) is 0 Å². The molecular weight excluding hydrogens is 451 g/mol. The molecule has 0 rings (SSSR count). The van der Waals surface area contributed by atoms with Crippen LogP contribution >= 0.6 is 17.2 Å². The molecule has 2 heteroatoms. The maximum atomic E-state index is 8.06. The van der Waals surface area contributed by atoms with Crippen LogP contribution in [0.15, 0.2) is 0 Å². The predicted molar refractivity (Wildman–Crippen MR) is 166 cm³/mol. The van der Waals surface area contributed by atoms with Gasteiger partial charge in [-0.2, -0.15) is 0 Å². The third-order valence-corrected chi connectivity index (χ3v) is 16.0. The Kier molecular flexibility index (Phi) is 24.6. The molecule has 0 saturated carbocycles. The Morgan fingerprint density at radius 1 is 0.294 bits per heavy atom. The third-order valence-electron chi connectivity index (χ3n) is 8.28. The second kappa shape index (κ2) is 24.1. The van der Waals surface area contributed by atoms with Gasteiger partial charge < -0.3 is 0 Å². The van der Waals surface area contributed by atoms with E-state index in [-0.39, 0.29) is 0 Å². The summed E-state index contributed by atoms with van der Waals surface area (Å²) in [7, 11) is 0. The molecule has 0 radical (unpaired) electrons. The summed E-state index contributed by atoms with van der Waals surface area (Å²) in [6, 6.07) is 0. The molecule has 0 nitrogen and oxygen atoms in total. The minimum atomic E-state index is -2.09. The van der Waals surface area contributed by atoms with Crippen molar-refractivity contribution >= 4 is 17.2 Å². The van der Waals surface area contributed by atoms with Crippen molar-refractivity contribution in [2.75, 3.05) is 24.6 Å². The number of hydrogen-bond donors (Lipinski definition) is 0. The molecule has 0 heterocycles. The molecule has 0 amide bonds. The molecule has 0 N–H and O–H groups in total. The normalized spacial score (nSPS) is 13.3. The summed E-state index contributed by atoms with van der Waals surface area (Å²) in [5.41, 5.74) is 0. The van der Waals surface area contributed by atoms with E-state index in [9.17, 15) is 0 Å². The third kappa shape index (κ3) is 19.9. The molecule has 0 saturated heterocycles. The average Bonchev–Trinajstić information content (AvgIpc) is 2.83. The number of unbranched alkanes of at least 4 members (excludes halogenated alkanes) is 20. The van der Waals surface area contributed by atoms with Crippen molar-refractivity contribution in [3.05, 3.63) is 0 Å². The first-order chi connectivity index (χ1) is 16.5. The fraction of sp³-hybridized carbons (Fsp3) is 1.00. The molecule has 0 unspecified atom stereocenters. The monoisotopic (exact) mass is 518 g/mol. The molecule has 0 aromatic heterocycles. The Morgan fingerprint density at radius 2 is 0.471 bits per heavy atom. The Morgan fingerprint density at radius 3 is 0.676 bits per heavy atom. The molecular formula is C32H68ClP. The standard InChI is InChI=1S/C32H68ClP/c1-5-9-13-17-18-19-20-24-28-32-34(33,29-25-21-14-10-6-2,30-26-22-15-11-7-3)31-27-23-16-12-8-4/h5-32H2,1-4H3. The molecule has 0 atom stereocenters. The first-order valence-electron chi connectivity index (χ1n) is 16.3. The second-order valence-electron chi connectivity index (χ2n) is 11.8. The molecule has 0 aromatic rings. The summed E-state index contributed by atoms with van der Waals surface area (Å²) < 4.78 is 0. The Bertz CT molecular complexity index is 369. The zero-order chi connectivity index (χ0) is 25.2. The van der Waals surface area contributed by atoms with Crippen LogP contribution in [-0.2, 0) is 0 Å². The Labute approximate surface area is 223 Å². The first-order valence-corrected chi connectivity index (χ1v) is 20.1. The molecule has 0 aliphatic carbocycles. The van der Waals surface area contributed by atoms with Gasteiger partial charge in [-0.3, -0.25) is 0 Å². The molecule has 0 aliphatic rings. The van der Waals surface area contributed by atoms with Gasteiger partial charge in [0.25, 0.3) is 0 Å². The van der Waals surface area contributed by atoms with Crippen LogP contribution in [-0.4, -0.2) is 24.6 Å². The van der Waals surface area contributed by atoms with Gasteiger partial charge in [-0.15, -0.1) is 0 Å². The summed E-state index contributed by atoms with van der Waals surface area (Å²) in [4.78, 5) is 0. The minimum absolute atomic E-state index is 1.35. The van der Waals surface area contributed by atoms with E-state index in [1.165, 1.54) is 179 Å². The van der Waals surface area contributed by atoms with E-state index in [0.717, 1.165) is 0 Å². The van der Waals surface area contributed by atoms with E-state index >= 15 is 0 Å². The van der Waals surface area contributed by atoms with Gasteiger partial charge in [-0.1, -0.05) is 0 Å². The SMILES string of the molecule is CCCCCCCCCCCP(Cl)(CCCCCCC)(CCCCCCC)CCCCCCC. The number of hydrogen-bond acceptors (Lipinski definition) is 0. The van der Waals surface area contributed by atoms with E-state index in [2.05, 4.69) is 27.7 Å². The van der Waals surface area contributed by atoms with Gasteiger partial charge in [-0.05, 0) is 0 Å². The van der Waals surface area contributed by atoms with E-state index in [1.54, 1.807) is 0 Å². The maximum absolute atomic E-state index is 8.06. The van der Waals surface area contributed by atoms with Crippen molar-refractivity contribution in [1.82, 2.24) is 0 Å². The summed E-state index contributed by atoms with van der Waals surface area (Å²) in [5, 5.41) is 0. The summed E-state index contributed by atoms with van der Waals surface area (Å²) in [5.74, 6) is -2.09. The van der Waals surface area contributed by atoms with Crippen molar-refractivity contribution in [3.63, 3.8) is 0 Å². The van der Waals surface area contributed by atoms with Crippen LogP contribution in [0, 0.1) is 0 Å². The van der Waals surface area contributed by atoms with Gasteiger partial charge in [0.1, 0.15) is 0 Å². The van der Waals surface area contributed by atoms with Crippen molar-refractivity contribution in [3.8, 4) is 0 Å². The van der Waals surface area contributed by atoms with Gasteiger partial charge in [-0.25, -0.2) is 0 Å². The van der Waals surface area contributed by atoms with E-state index < -0.39 is 5.96 Å². The van der Waals surface area contributed by atoms with Crippen molar-refractivity contribution in [2.24, 2.45) is 0 Å². The number of rotatable bonds is 28. The van der Waals surface area contributed by atoms with Crippen LogP contribution in [0.2, 0.25) is 0 Å². The van der Waals surface area contributed by atoms with Gasteiger partial charge >= 0.3 is 224 Å². The molecule has 0 spiro atoms. The van der Waals surface area contributed by atoms with Crippen molar-refractivity contribution in [2.45, 2.75) is 182 Å². The predicted octanol–water partition coefficient (Wildman–Crippen LogP) is 13.1. The van der Waals surface area contributed by atoms with Gasteiger partial charge in [0, 0.05) is 0 Å². The molecule has 0 aromatic carbocycles. The van der Waals surface area contributed by atoms with Crippen LogP contribution in [0.1, 0.15) is 182 Å². The fourth-order valence-electron chi connectivity index (χ4n) is 5.82. The summed E-state index contributed by atoms with van der Waals surface area (Å²) >= 11 is 8.06. The van der Waals surface area contributed by atoms with Gasteiger partial charge in [0.15, 0.2) is 0 Å². The fourth-order valence-corrected chi connectivity index (χ4v) is 12.7. The molecule has 0 fully saturated rings. The summed E-state index contributed by atoms with van der Waals surface area (Å²) in [6.07, 6.45) is 39.5. The van der Waals surface area contributed by atoms with E-state index in [1.807, 2.05) is 0 Å². The Hall–Kier alpha value is 0.720.